The van der Waals surface area contributed by atoms with E-state index in [0.717, 1.165) is 12.1 Å². The largest absolute Gasteiger partial charge is 0.383 e. The van der Waals surface area contributed by atoms with Crippen LogP contribution in [0, 0.1) is 5.82 Å². The number of anilines is 1. The van der Waals surface area contributed by atoms with E-state index >= 15 is 0 Å². The Morgan fingerprint density at radius 1 is 1.38 bits per heavy atom. The Balaban J connectivity index is 2.43. The maximum atomic E-state index is 13.2. The number of halogens is 2. The Morgan fingerprint density at radius 3 is 2.75 bits per heavy atom. The number of nitrogens with one attached hydrogen (secondary N) is 1. The molecule has 0 amide bonds. The molecular formula is C13H19BrFN. The first-order valence-electron chi connectivity index (χ1n) is 5.85. The minimum Gasteiger partial charge on any atom is -0.383 e. The van der Waals surface area contributed by atoms with Gasteiger partial charge >= 0.3 is 0 Å². The van der Waals surface area contributed by atoms with Crippen LogP contribution < -0.4 is 5.32 Å². The van der Waals surface area contributed by atoms with Gasteiger partial charge in [-0.05, 0) is 47.5 Å². The highest BCUT2D eigenvalue weighted by atomic mass is 79.9. The van der Waals surface area contributed by atoms with Crippen molar-refractivity contribution in [2.45, 2.75) is 45.6 Å². The van der Waals surface area contributed by atoms with Crippen LogP contribution in [0.3, 0.4) is 0 Å². The number of hydrogen-bond acceptors (Lipinski definition) is 1. The SMILES string of the molecule is CCCCCC(C)Nc1ccc(Br)c(F)c1. The first-order chi connectivity index (χ1) is 7.63. The zero-order chi connectivity index (χ0) is 12.0. The summed E-state index contributed by atoms with van der Waals surface area (Å²) in [6, 6.07) is 5.55. The van der Waals surface area contributed by atoms with Crippen molar-refractivity contribution in [3.05, 3.63) is 28.5 Å². The van der Waals surface area contributed by atoms with E-state index in [1.54, 1.807) is 6.07 Å². The van der Waals surface area contributed by atoms with Gasteiger partial charge in [0.25, 0.3) is 0 Å². The molecule has 0 aromatic heterocycles. The van der Waals surface area contributed by atoms with Crippen LogP contribution in [0.25, 0.3) is 0 Å². The first kappa shape index (κ1) is 13.5. The van der Waals surface area contributed by atoms with Crippen molar-refractivity contribution in [2.75, 3.05) is 5.32 Å². The molecule has 0 aliphatic rings. The Bertz CT molecular complexity index is 328. The molecule has 0 saturated heterocycles. The van der Waals surface area contributed by atoms with Gasteiger partial charge in [0.05, 0.1) is 4.47 Å². The summed E-state index contributed by atoms with van der Waals surface area (Å²) in [5.74, 6) is -0.217. The van der Waals surface area contributed by atoms with E-state index in [4.69, 9.17) is 0 Å². The lowest BCUT2D eigenvalue weighted by atomic mass is 10.1. The lowest BCUT2D eigenvalue weighted by Crippen LogP contribution is -2.14. The molecular weight excluding hydrogens is 269 g/mol. The molecule has 1 atom stereocenters. The van der Waals surface area contributed by atoms with Gasteiger partial charge in [-0.1, -0.05) is 26.2 Å². The molecule has 0 heterocycles. The van der Waals surface area contributed by atoms with Crippen LogP contribution in [0.15, 0.2) is 22.7 Å². The summed E-state index contributed by atoms with van der Waals surface area (Å²) in [6.45, 7) is 4.33. The van der Waals surface area contributed by atoms with Crippen molar-refractivity contribution in [3.63, 3.8) is 0 Å². The summed E-state index contributed by atoms with van der Waals surface area (Å²) in [7, 11) is 0. The second kappa shape index (κ2) is 6.89. The number of rotatable bonds is 6. The molecule has 0 radical (unpaired) electrons. The zero-order valence-electron chi connectivity index (χ0n) is 9.89. The van der Waals surface area contributed by atoms with Crippen molar-refractivity contribution >= 4 is 21.6 Å². The first-order valence-corrected chi connectivity index (χ1v) is 6.64. The maximum absolute atomic E-state index is 13.2. The minimum absolute atomic E-state index is 0.217. The zero-order valence-corrected chi connectivity index (χ0v) is 11.5. The van der Waals surface area contributed by atoms with Crippen molar-refractivity contribution in [1.29, 1.82) is 0 Å². The highest BCUT2D eigenvalue weighted by Crippen LogP contribution is 2.20. The number of unbranched alkanes of at least 4 members (excludes halogenated alkanes) is 2. The van der Waals surface area contributed by atoms with Crippen LogP contribution in [0.1, 0.15) is 39.5 Å². The third-order valence-electron chi connectivity index (χ3n) is 2.57. The summed E-state index contributed by atoms with van der Waals surface area (Å²) >= 11 is 3.14. The van der Waals surface area contributed by atoms with E-state index in [2.05, 4.69) is 35.1 Å². The van der Waals surface area contributed by atoms with Gasteiger partial charge in [-0.25, -0.2) is 4.39 Å². The van der Waals surface area contributed by atoms with Crippen LogP contribution in [0.4, 0.5) is 10.1 Å². The Hall–Kier alpha value is -0.570. The summed E-state index contributed by atoms with van der Waals surface area (Å²) in [4.78, 5) is 0. The molecule has 0 fully saturated rings. The van der Waals surface area contributed by atoms with Crippen molar-refractivity contribution < 1.29 is 4.39 Å². The van der Waals surface area contributed by atoms with Gasteiger partial charge in [0, 0.05) is 11.7 Å². The van der Waals surface area contributed by atoms with E-state index in [9.17, 15) is 4.39 Å². The van der Waals surface area contributed by atoms with Crippen molar-refractivity contribution in [2.24, 2.45) is 0 Å². The topological polar surface area (TPSA) is 12.0 Å². The Morgan fingerprint density at radius 2 is 2.12 bits per heavy atom. The summed E-state index contributed by atoms with van der Waals surface area (Å²) in [5.41, 5.74) is 0.852. The standard InChI is InChI=1S/C13H19BrFN/c1-3-4-5-6-10(2)16-11-7-8-12(14)13(15)9-11/h7-10,16H,3-6H2,1-2H3. The molecule has 1 aromatic rings. The fourth-order valence-corrected chi connectivity index (χ4v) is 1.89. The van der Waals surface area contributed by atoms with E-state index in [1.807, 2.05) is 6.07 Å². The average molecular weight is 288 g/mol. The molecule has 3 heteroatoms. The maximum Gasteiger partial charge on any atom is 0.139 e. The van der Waals surface area contributed by atoms with Gasteiger partial charge in [-0.3, -0.25) is 0 Å². The average Bonchev–Trinajstić information content (AvgIpc) is 2.24. The molecule has 1 rings (SSSR count). The lowest BCUT2D eigenvalue weighted by Gasteiger charge is -2.15. The van der Waals surface area contributed by atoms with Crippen LogP contribution in [-0.4, -0.2) is 6.04 Å². The van der Waals surface area contributed by atoms with Crippen molar-refractivity contribution in [3.8, 4) is 0 Å². The fraction of sp³-hybridized carbons (Fsp3) is 0.538. The van der Waals surface area contributed by atoms with Crippen LogP contribution >= 0.6 is 15.9 Å². The molecule has 1 unspecified atom stereocenters. The molecule has 0 saturated carbocycles. The van der Waals surface area contributed by atoms with Gasteiger partial charge in [0.15, 0.2) is 0 Å². The second-order valence-electron chi connectivity index (χ2n) is 4.17. The van der Waals surface area contributed by atoms with Crippen LogP contribution in [0.2, 0.25) is 0 Å². The second-order valence-corrected chi connectivity index (χ2v) is 5.02. The van der Waals surface area contributed by atoms with Crippen LogP contribution in [-0.2, 0) is 0 Å². The lowest BCUT2D eigenvalue weighted by molar-refractivity contribution is 0.610. The predicted molar refractivity (Wildman–Crippen MR) is 71.3 cm³/mol. The molecule has 1 N–H and O–H groups in total. The summed E-state index contributed by atoms with van der Waals surface area (Å²) in [6.07, 6.45) is 4.86. The number of benzene rings is 1. The van der Waals surface area contributed by atoms with Gasteiger partial charge in [-0.15, -0.1) is 0 Å². The molecule has 0 bridgehead atoms. The molecule has 0 spiro atoms. The molecule has 90 valence electrons. The molecule has 1 aromatic carbocycles. The normalized spacial score (nSPS) is 12.5. The molecule has 0 aliphatic carbocycles. The minimum atomic E-state index is -0.217. The predicted octanol–water partition coefficient (Wildman–Crippen LogP) is 4.97. The highest BCUT2D eigenvalue weighted by Gasteiger charge is 2.04. The highest BCUT2D eigenvalue weighted by molar-refractivity contribution is 9.10. The monoisotopic (exact) mass is 287 g/mol. The third kappa shape index (κ3) is 4.52. The van der Waals surface area contributed by atoms with Gasteiger partial charge in [0.2, 0.25) is 0 Å². The Labute approximate surface area is 106 Å². The fourth-order valence-electron chi connectivity index (χ4n) is 1.64. The van der Waals surface area contributed by atoms with E-state index in [-0.39, 0.29) is 5.82 Å². The van der Waals surface area contributed by atoms with E-state index < -0.39 is 0 Å². The van der Waals surface area contributed by atoms with Crippen LogP contribution in [0.5, 0.6) is 0 Å². The number of hydrogen-bond donors (Lipinski definition) is 1. The summed E-state index contributed by atoms with van der Waals surface area (Å²) < 4.78 is 13.8. The van der Waals surface area contributed by atoms with E-state index in [1.165, 1.54) is 25.3 Å². The quantitative estimate of drug-likeness (QED) is 0.729. The molecule has 1 nitrogen and oxygen atoms in total. The Kier molecular flexibility index (Phi) is 5.81. The molecule has 0 aliphatic heterocycles. The van der Waals surface area contributed by atoms with Crippen molar-refractivity contribution in [1.82, 2.24) is 0 Å². The molecule has 16 heavy (non-hydrogen) atoms. The van der Waals surface area contributed by atoms with Gasteiger partial charge in [0.1, 0.15) is 5.82 Å². The third-order valence-corrected chi connectivity index (χ3v) is 3.22. The van der Waals surface area contributed by atoms with Gasteiger partial charge < -0.3 is 5.32 Å². The smallest absolute Gasteiger partial charge is 0.139 e. The van der Waals surface area contributed by atoms with Gasteiger partial charge in [-0.2, -0.15) is 0 Å². The van der Waals surface area contributed by atoms with E-state index in [0.29, 0.717) is 10.5 Å². The summed E-state index contributed by atoms with van der Waals surface area (Å²) in [5, 5.41) is 3.31.